The van der Waals surface area contributed by atoms with Crippen LogP contribution in [0.2, 0.25) is 0 Å². The standard InChI is InChI=1S/C11H17N3O/c12-6-9(8-2-1-3-8)7-14-5-4-10(14)11(13)15/h8-10H,1-5,7H2,(H2,13,15). The van der Waals surface area contributed by atoms with E-state index in [1.165, 1.54) is 19.3 Å². The van der Waals surface area contributed by atoms with E-state index in [0.29, 0.717) is 5.92 Å². The van der Waals surface area contributed by atoms with E-state index < -0.39 is 0 Å². The van der Waals surface area contributed by atoms with Crippen LogP contribution in [0.25, 0.3) is 0 Å². The number of nitrogens with zero attached hydrogens (tertiary/aromatic N) is 2. The van der Waals surface area contributed by atoms with Crippen molar-refractivity contribution in [3.05, 3.63) is 0 Å². The van der Waals surface area contributed by atoms with Gasteiger partial charge in [0.1, 0.15) is 0 Å². The largest absolute Gasteiger partial charge is 0.368 e. The summed E-state index contributed by atoms with van der Waals surface area (Å²) < 4.78 is 0. The molecule has 0 aromatic heterocycles. The maximum atomic E-state index is 11.0. The summed E-state index contributed by atoms with van der Waals surface area (Å²) in [5.41, 5.74) is 5.26. The fourth-order valence-corrected chi connectivity index (χ4v) is 2.37. The molecule has 15 heavy (non-hydrogen) atoms. The van der Waals surface area contributed by atoms with Gasteiger partial charge in [-0.3, -0.25) is 9.69 Å². The zero-order valence-corrected chi connectivity index (χ0v) is 8.85. The number of hydrogen-bond donors (Lipinski definition) is 1. The van der Waals surface area contributed by atoms with Crippen LogP contribution >= 0.6 is 0 Å². The normalized spacial score (nSPS) is 28.6. The molecular weight excluding hydrogens is 190 g/mol. The number of likely N-dealkylation sites (tertiary alicyclic amines) is 1. The van der Waals surface area contributed by atoms with E-state index >= 15 is 0 Å². The van der Waals surface area contributed by atoms with Crippen LogP contribution in [-0.4, -0.2) is 29.9 Å². The molecule has 1 amide bonds. The smallest absolute Gasteiger partial charge is 0.234 e. The number of hydrogen-bond acceptors (Lipinski definition) is 3. The van der Waals surface area contributed by atoms with Gasteiger partial charge in [0.15, 0.2) is 0 Å². The van der Waals surface area contributed by atoms with Gasteiger partial charge >= 0.3 is 0 Å². The van der Waals surface area contributed by atoms with Crippen molar-refractivity contribution < 1.29 is 4.79 Å². The number of amides is 1. The van der Waals surface area contributed by atoms with Gasteiger partial charge in [-0.2, -0.15) is 5.26 Å². The summed E-state index contributed by atoms with van der Waals surface area (Å²) >= 11 is 0. The lowest BCUT2D eigenvalue weighted by molar-refractivity contribution is -0.128. The first kappa shape index (κ1) is 10.4. The van der Waals surface area contributed by atoms with Crippen LogP contribution < -0.4 is 5.73 Å². The summed E-state index contributed by atoms with van der Waals surface area (Å²) in [5, 5.41) is 9.06. The van der Waals surface area contributed by atoms with E-state index in [2.05, 4.69) is 11.0 Å². The number of rotatable bonds is 4. The Balaban J connectivity index is 1.85. The fraction of sp³-hybridized carbons (Fsp3) is 0.818. The molecule has 2 unspecified atom stereocenters. The second-order valence-electron chi connectivity index (χ2n) is 4.63. The zero-order valence-electron chi connectivity index (χ0n) is 8.85. The molecule has 0 radical (unpaired) electrons. The molecule has 1 saturated carbocycles. The van der Waals surface area contributed by atoms with Crippen LogP contribution in [0.5, 0.6) is 0 Å². The summed E-state index contributed by atoms with van der Waals surface area (Å²) in [6, 6.07) is 2.26. The quantitative estimate of drug-likeness (QED) is 0.729. The van der Waals surface area contributed by atoms with Crippen LogP contribution in [0.3, 0.4) is 0 Å². The lowest BCUT2D eigenvalue weighted by Crippen LogP contribution is -2.56. The molecule has 2 N–H and O–H groups in total. The summed E-state index contributed by atoms with van der Waals surface area (Å²) in [6.45, 7) is 1.65. The summed E-state index contributed by atoms with van der Waals surface area (Å²) in [4.78, 5) is 13.1. The number of carbonyl (C=O) groups is 1. The number of nitriles is 1. The Morgan fingerprint density at radius 1 is 1.53 bits per heavy atom. The van der Waals surface area contributed by atoms with Gasteiger partial charge in [0.05, 0.1) is 18.0 Å². The molecule has 0 aromatic rings. The van der Waals surface area contributed by atoms with E-state index in [1.807, 2.05) is 0 Å². The second kappa shape index (κ2) is 4.19. The Morgan fingerprint density at radius 2 is 2.27 bits per heavy atom. The van der Waals surface area contributed by atoms with Crippen molar-refractivity contribution in [1.29, 1.82) is 5.26 Å². The van der Waals surface area contributed by atoms with Crippen molar-refractivity contribution in [2.24, 2.45) is 17.6 Å². The highest BCUT2D eigenvalue weighted by molar-refractivity contribution is 5.80. The molecule has 2 fully saturated rings. The minimum absolute atomic E-state index is 0.0981. The first-order valence-electron chi connectivity index (χ1n) is 5.65. The molecule has 1 aliphatic carbocycles. The highest BCUT2D eigenvalue weighted by atomic mass is 16.1. The SMILES string of the molecule is N#CC(CN1CCC1C(N)=O)C1CCC1. The highest BCUT2D eigenvalue weighted by Crippen LogP contribution is 2.34. The topological polar surface area (TPSA) is 70.1 Å². The van der Waals surface area contributed by atoms with Crippen molar-refractivity contribution in [3.63, 3.8) is 0 Å². The van der Waals surface area contributed by atoms with Crippen molar-refractivity contribution in [2.75, 3.05) is 13.1 Å². The molecule has 0 spiro atoms. The van der Waals surface area contributed by atoms with Crippen LogP contribution in [0.1, 0.15) is 25.7 Å². The Labute approximate surface area is 90.0 Å². The van der Waals surface area contributed by atoms with Crippen LogP contribution in [0, 0.1) is 23.2 Å². The fourth-order valence-electron chi connectivity index (χ4n) is 2.37. The van der Waals surface area contributed by atoms with Gasteiger partial charge in [0, 0.05) is 13.1 Å². The Morgan fingerprint density at radius 3 is 2.60 bits per heavy atom. The maximum Gasteiger partial charge on any atom is 0.234 e. The monoisotopic (exact) mass is 207 g/mol. The molecule has 0 aromatic carbocycles. The van der Waals surface area contributed by atoms with Gasteiger partial charge in [-0.25, -0.2) is 0 Å². The predicted molar refractivity (Wildman–Crippen MR) is 55.6 cm³/mol. The lowest BCUT2D eigenvalue weighted by atomic mass is 9.76. The Kier molecular flexibility index (Phi) is 2.92. The van der Waals surface area contributed by atoms with Gasteiger partial charge < -0.3 is 5.73 Å². The van der Waals surface area contributed by atoms with Crippen LogP contribution in [0.15, 0.2) is 0 Å². The van der Waals surface area contributed by atoms with E-state index in [0.717, 1.165) is 19.5 Å². The van der Waals surface area contributed by atoms with Crippen molar-refractivity contribution in [1.82, 2.24) is 4.90 Å². The molecule has 0 bridgehead atoms. The maximum absolute atomic E-state index is 11.0. The number of nitrogens with two attached hydrogens (primary N) is 1. The van der Waals surface area contributed by atoms with Gasteiger partial charge in [-0.05, 0) is 25.2 Å². The van der Waals surface area contributed by atoms with E-state index in [1.54, 1.807) is 0 Å². The number of primary amides is 1. The first-order chi connectivity index (χ1) is 7.22. The molecule has 82 valence electrons. The van der Waals surface area contributed by atoms with E-state index in [9.17, 15) is 4.79 Å². The number of carbonyl (C=O) groups excluding carboxylic acids is 1. The van der Waals surface area contributed by atoms with Gasteiger partial charge in [-0.15, -0.1) is 0 Å². The lowest BCUT2D eigenvalue weighted by Gasteiger charge is -2.42. The molecule has 1 heterocycles. The third kappa shape index (κ3) is 1.98. The highest BCUT2D eigenvalue weighted by Gasteiger charge is 2.36. The summed E-state index contributed by atoms with van der Waals surface area (Å²) in [5.74, 6) is 0.413. The average Bonchev–Trinajstić information content (AvgIpc) is 2.05. The molecule has 4 nitrogen and oxygen atoms in total. The van der Waals surface area contributed by atoms with Gasteiger partial charge in [0.2, 0.25) is 5.91 Å². The third-order valence-corrected chi connectivity index (χ3v) is 3.77. The minimum Gasteiger partial charge on any atom is -0.368 e. The van der Waals surface area contributed by atoms with Crippen LogP contribution in [-0.2, 0) is 4.79 Å². The molecule has 1 saturated heterocycles. The minimum atomic E-state index is -0.244. The molecule has 2 atom stereocenters. The molecule has 2 aliphatic rings. The van der Waals surface area contributed by atoms with E-state index in [-0.39, 0.29) is 17.9 Å². The molecule has 1 aliphatic heterocycles. The second-order valence-corrected chi connectivity index (χ2v) is 4.63. The van der Waals surface area contributed by atoms with Gasteiger partial charge in [0.25, 0.3) is 0 Å². The molecule has 2 rings (SSSR count). The molecular formula is C11H17N3O. The van der Waals surface area contributed by atoms with Gasteiger partial charge in [-0.1, -0.05) is 6.42 Å². The first-order valence-corrected chi connectivity index (χ1v) is 5.65. The Bertz CT molecular complexity index is 293. The average molecular weight is 207 g/mol. The molecule has 4 heteroatoms. The van der Waals surface area contributed by atoms with Crippen molar-refractivity contribution >= 4 is 5.91 Å². The summed E-state index contributed by atoms with van der Waals surface area (Å²) in [7, 11) is 0. The van der Waals surface area contributed by atoms with Crippen molar-refractivity contribution in [2.45, 2.75) is 31.7 Å². The summed E-state index contributed by atoms with van der Waals surface area (Å²) in [6.07, 6.45) is 4.46. The predicted octanol–water partition coefficient (Wildman–Crippen LogP) is 0.486. The Hall–Kier alpha value is -1.08. The third-order valence-electron chi connectivity index (χ3n) is 3.77. The van der Waals surface area contributed by atoms with Crippen molar-refractivity contribution in [3.8, 4) is 6.07 Å². The van der Waals surface area contributed by atoms with E-state index in [4.69, 9.17) is 11.0 Å². The zero-order chi connectivity index (χ0) is 10.8. The van der Waals surface area contributed by atoms with Crippen LogP contribution in [0.4, 0.5) is 0 Å².